The van der Waals surface area contributed by atoms with Crippen LogP contribution in [-0.2, 0) is 0 Å². The zero-order valence-corrected chi connectivity index (χ0v) is 11.7. The summed E-state index contributed by atoms with van der Waals surface area (Å²) in [5.41, 5.74) is 1.04. The molecule has 2 rings (SSSR count). The summed E-state index contributed by atoms with van der Waals surface area (Å²) < 4.78 is 0. The van der Waals surface area contributed by atoms with Gasteiger partial charge in [0.15, 0.2) is 0 Å². The van der Waals surface area contributed by atoms with E-state index < -0.39 is 11.9 Å². The number of hydrogen-bond donors (Lipinski definition) is 3. The minimum Gasteiger partial charge on any atom is -0.478 e. The number of carboxylic acid groups (broad SMARTS) is 1. The van der Waals surface area contributed by atoms with Gasteiger partial charge in [-0.05, 0) is 19.1 Å². The third-order valence-electron chi connectivity index (χ3n) is 2.60. The van der Waals surface area contributed by atoms with Crippen LogP contribution in [0.4, 0.5) is 5.69 Å². The maximum atomic E-state index is 12.0. The molecule has 0 bridgehead atoms. The Morgan fingerprint density at radius 1 is 1.30 bits per heavy atom. The van der Waals surface area contributed by atoms with Crippen LogP contribution in [0.1, 0.15) is 26.4 Å². The van der Waals surface area contributed by atoms with Crippen molar-refractivity contribution in [3.8, 4) is 0 Å². The molecule has 104 valence electrons. The fraction of sp³-hybridized carbons (Fsp3) is 0.0833. The van der Waals surface area contributed by atoms with Crippen molar-refractivity contribution in [1.29, 1.82) is 0 Å². The molecule has 0 aliphatic rings. The fourth-order valence-electron chi connectivity index (χ4n) is 1.58. The summed E-state index contributed by atoms with van der Waals surface area (Å²) in [6.45, 7) is 1.69. The van der Waals surface area contributed by atoms with Crippen LogP contribution in [0, 0.1) is 6.92 Å². The van der Waals surface area contributed by atoms with E-state index in [-0.39, 0.29) is 21.3 Å². The van der Waals surface area contributed by atoms with Crippen molar-refractivity contribution in [2.75, 3.05) is 5.32 Å². The number of nitrogens with one attached hydrogen (secondary N) is 2. The largest absolute Gasteiger partial charge is 0.478 e. The predicted molar refractivity (Wildman–Crippen MR) is 74.7 cm³/mol. The summed E-state index contributed by atoms with van der Waals surface area (Å²) in [7, 11) is 0. The lowest BCUT2D eigenvalue weighted by atomic mass is 10.2. The Morgan fingerprint density at radius 3 is 2.35 bits per heavy atom. The van der Waals surface area contributed by atoms with Crippen LogP contribution < -0.4 is 5.32 Å². The van der Waals surface area contributed by atoms with Gasteiger partial charge in [-0.25, -0.2) is 4.79 Å². The molecule has 0 spiro atoms. The van der Waals surface area contributed by atoms with Gasteiger partial charge in [0.2, 0.25) is 0 Å². The van der Waals surface area contributed by atoms with Gasteiger partial charge in [-0.3, -0.25) is 9.89 Å². The first-order chi connectivity index (χ1) is 9.40. The number of benzene rings is 1. The van der Waals surface area contributed by atoms with Crippen LogP contribution in [0.3, 0.4) is 0 Å². The molecule has 0 saturated heterocycles. The zero-order valence-electron chi connectivity index (χ0n) is 10.2. The monoisotopic (exact) mass is 313 g/mol. The van der Waals surface area contributed by atoms with E-state index in [1.165, 1.54) is 18.3 Å². The Morgan fingerprint density at radius 2 is 1.90 bits per heavy atom. The maximum Gasteiger partial charge on any atom is 0.335 e. The van der Waals surface area contributed by atoms with Crippen molar-refractivity contribution in [3.63, 3.8) is 0 Å². The van der Waals surface area contributed by atoms with Crippen LogP contribution in [-0.4, -0.2) is 27.2 Å². The Labute approximate surface area is 123 Å². The van der Waals surface area contributed by atoms with Crippen molar-refractivity contribution in [3.05, 3.63) is 45.2 Å². The average Bonchev–Trinajstić information content (AvgIpc) is 2.79. The number of nitrogens with zero attached hydrogens (tertiary/aromatic N) is 1. The summed E-state index contributed by atoms with van der Waals surface area (Å²) in [5, 5.41) is 17.9. The summed E-state index contributed by atoms with van der Waals surface area (Å²) >= 11 is 11.9. The van der Waals surface area contributed by atoms with Crippen molar-refractivity contribution < 1.29 is 14.7 Å². The number of carbonyl (C=O) groups is 2. The van der Waals surface area contributed by atoms with Crippen molar-refractivity contribution >= 4 is 40.8 Å². The first kappa shape index (κ1) is 14.4. The number of H-pyrrole nitrogens is 1. The molecule has 3 N–H and O–H groups in total. The van der Waals surface area contributed by atoms with E-state index in [2.05, 4.69) is 15.5 Å². The highest BCUT2D eigenvalue weighted by atomic mass is 35.5. The quantitative estimate of drug-likeness (QED) is 0.811. The predicted octanol–water partition coefficient (Wildman–Crippen LogP) is 2.98. The van der Waals surface area contributed by atoms with Gasteiger partial charge in [0.25, 0.3) is 5.91 Å². The molecule has 6 nitrogen and oxygen atoms in total. The fourth-order valence-corrected chi connectivity index (χ4v) is 2.16. The highest BCUT2D eigenvalue weighted by Gasteiger charge is 2.17. The number of anilines is 1. The van der Waals surface area contributed by atoms with E-state index in [9.17, 15) is 9.59 Å². The van der Waals surface area contributed by atoms with Crippen molar-refractivity contribution in [1.82, 2.24) is 10.2 Å². The molecule has 1 aromatic heterocycles. The van der Waals surface area contributed by atoms with E-state index in [1.54, 1.807) is 6.92 Å². The highest BCUT2D eigenvalue weighted by molar-refractivity contribution is 6.40. The Bertz CT molecular complexity index is 674. The van der Waals surface area contributed by atoms with Gasteiger partial charge in [-0.15, -0.1) is 0 Å². The highest BCUT2D eigenvalue weighted by Crippen LogP contribution is 2.32. The number of carboxylic acids is 1. The van der Waals surface area contributed by atoms with Gasteiger partial charge in [0.05, 0.1) is 33.1 Å². The average molecular weight is 314 g/mol. The lowest BCUT2D eigenvalue weighted by molar-refractivity contribution is 0.0696. The van der Waals surface area contributed by atoms with E-state index in [1.807, 2.05) is 0 Å². The van der Waals surface area contributed by atoms with Crippen LogP contribution in [0.15, 0.2) is 18.3 Å². The number of aryl methyl sites for hydroxylation is 1. The number of carbonyl (C=O) groups excluding carboxylic acids is 1. The standard InChI is InChI=1S/C12H9Cl2N3O3/c1-5-7(4-15-17-5)11(18)16-10-8(13)2-6(12(19)20)3-9(10)14/h2-4H,1H3,(H,15,17)(H,16,18)(H,19,20). The molecule has 1 heterocycles. The molecule has 0 radical (unpaired) electrons. The maximum absolute atomic E-state index is 12.0. The Kier molecular flexibility index (Phi) is 3.96. The summed E-state index contributed by atoms with van der Waals surface area (Å²) in [6, 6.07) is 2.43. The summed E-state index contributed by atoms with van der Waals surface area (Å²) in [6.07, 6.45) is 1.37. The van der Waals surface area contributed by atoms with Crippen LogP contribution in [0.5, 0.6) is 0 Å². The van der Waals surface area contributed by atoms with Gasteiger partial charge < -0.3 is 10.4 Å². The number of aromatic carboxylic acids is 1. The lowest BCUT2D eigenvalue weighted by Gasteiger charge is -2.10. The van der Waals surface area contributed by atoms with Gasteiger partial charge >= 0.3 is 5.97 Å². The van der Waals surface area contributed by atoms with Gasteiger partial charge in [0.1, 0.15) is 0 Å². The third kappa shape index (κ3) is 2.76. The summed E-state index contributed by atoms with van der Waals surface area (Å²) in [4.78, 5) is 22.9. The molecule has 0 fully saturated rings. The molecular formula is C12H9Cl2N3O3. The van der Waals surface area contributed by atoms with E-state index in [0.717, 1.165) is 0 Å². The topological polar surface area (TPSA) is 95.1 Å². The molecule has 1 amide bonds. The first-order valence-corrected chi connectivity index (χ1v) is 6.19. The molecular weight excluding hydrogens is 305 g/mol. The van der Waals surface area contributed by atoms with Crippen LogP contribution in [0.25, 0.3) is 0 Å². The number of rotatable bonds is 3. The first-order valence-electron chi connectivity index (χ1n) is 5.44. The molecule has 0 saturated carbocycles. The van der Waals surface area contributed by atoms with Gasteiger partial charge in [-0.2, -0.15) is 5.10 Å². The Hall–Kier alpha value is -2.05. The Balaban J connectivity index is 2.33. The second-order valence-electron chi connectivity index (χ2n) is 3.98. The molecule has 8 heteroatoms. The van der Waals surface area contributed by atoms with E-state index >= 15 is 0 Å². The number of hydrogen-bond acceptors (Lipinski definition) is 3. The number of aromatic nitrogens is 2. The normalized spacial score (nSPS) is 10.3. The number of amides is 1. The summed E-state index contributed by atoms with van der Waals surface area (Å²) in [5.74, 6) is -1.60. The third-order valence-corrected chi connectivity index (χ3v) is 3.20. The zero-order chi connectivity index (χ0) is 14.9. The van der Waals surface area contributed by atoms with Gasteiger partial charge in [0, 0.05) is 5.69 Å². The molecule has 0 unspecified atom stereocenters. The molecule has 20 heavy (non-hydrogen) atoms. The van der Waals surface area contributed by atoms with E-state index in [4.69, 9.17) is 28.3 Å². The molecule has 0 aliphatic carbocycles. The second kappa shape index (κ2) is 5.52. The SMILES string of the molecule is Cc1[nH]ncc1C(=O)Nc1c(Cl)cc(C(=O)O)cc1Cl. The molecule has 0 atom stereocenters. The van der Waals surface area contributed by atoms with Gasteiger partial charge in [-0.1, -0.05) is 23.2 Å². The van der Waals surface area contributed by atoms with Crippen LogP contribution in [0.2, 0.25) is 10.0 Å². The smallest absolute Gasteiger partial charge is 0.335 e. The minimum atomic E-state index is -1.16. The molecule has 0 aliphatic heterocycles. The lowest BCUT2D eigenvalue weighted by Crippen LogP contribution is -2.13. The second-order valence-corrected chi connectivity index (χ2v) is 4.80. The molecule has 2 aromatic rings. The van der Waals surface area contributed by atoms with Crippen LogP contribution >= 0.6 is 23.2 Å². The molecule has 1 aromatic carbocycles. The van der Waals surface area contributed by atoms with Crippen molar-refractivity contribution in [2.24, 2.45) is 0 Å². The van der Waals surface area contributed by atoms with Crippen molar-refractivity contribution in [2.45, 2.75) is 6.92 Å². The number of aromatic amines is 1. The van der Waals surface area contributed by atoms with E-state index in [0.29, 0.717) is 11.3 Å². The minimum absolute atomic E-state index is 0.0457. The number of halogens is 2.